The minimum Gasteiger partial charge on any atom is -0.495 e. The summed E-state index contributed by atoms with van der Waals surface area (Å²) < 4.78 is 10.4. The van der Waals surface area contributed by atoms with E-state index in [2.05, 4.69) is 10.6 Å². The third kappa shape index (κ3) is 4.24. The van der Waals surface area contributed by atoms with Gasteiger partial charge in [0.15, 0.2) is 0 Å². The Bertz CT molecular complexity index is 612. The van der Waals surface area contributed by atoms with E-state index < -0.39 is 0 Å². The van der Waals surface area contributed by atoms with E-state index in [9.17, 15) is 4.79 Å². The summed E-state index contributed by atoms with van der Waals surface area (Å²) in [6, 6.07) is 7.11. The van der Waals surface area contributed by atoms with Crippen LogP contribution >= 0.6 is 11.6 Å². The third-order valence-electron chi connectivity index (χ3n) is 2.92. The predicted octanol–water partition coefficient (Wildman–Crippen LogP) is 2.98. The molecule has 0 saturated heterocycles. The van der Waals surface area contributed by atoms with Crippen LogP contribution in [0.25, 0.3) is 0 Å². The fraction of sp³-hybridized carbons (Fsp3) is 0.267. The molecule has 112 valence electrons. The van der Waals surface area contributed by atoms with Gasteiger partial charge in [-0.25, -0.2) is 0 Å². The molecule has 0 aliphatic rings. The van der Waals surface area contributed by atoms with Gasteiger partial charge in [0, 0.05) is 11.1 Å². The van der Waals surface area contributed by atoms with Crippen LogP contribution in [0, 0.1) is 6.92 Å². The lowest BCUT2D eigenvalue weighted by atomic mass is 10.2. The van der Waals surface area contributed by atoms with Gasteiger partial charge in [-0.1, -0.05) is 11.6 Å². The van der Waals surface area contributed by atoms with Gasteiger partial charge in [-0.05, 0) is 30.7 Å². The number of anilines is 1. The number of rotatable bonds is 6. The smallest absolute Gasteiger partial charge is 0.238 e. The van der Waals surface area contributed by atoms with E-state index in [0.717, 1.165) is 11.3 Å². The zero-order valence-corrected chi connectivity index (χ0v) is 12.7. The molecule has 21 heavy (non-hydrogen) atoms. The number of hydrogen-bond acceptors (Lipinski definition) is 4. The van der Waals surface area contributed by atoms with Gasteiger partial charge in [0.25, 0.3) is 0 Å². The van der Waals surface area contributed by atoms with Crippen molar-refractivity contribution in [3.8, 4) is 5.75 Å². The molecule has 6 heteroatoms. The Labute approximate surface area is 128 Å². The maximum atomic E-state index is 11.9. The molecule has 0 aliphatic heterocycles. The molecule has 2 rings (SSSR count). The quantitative estimate of drug-likeness (QED) is 0.861. The number of ether oxygens (including phenoxy) is 1. The van der Waals surface area contributed by atoms with Gasteiger partial charge in [-0.15, -0.1) is 0 Å². The Morgan fingerprint density at radius 2 is 2.24 bits per heavy atom. The van der Waals surface area contributed by atoms with E-state index in [-0.39, 0.29) is 12.5 Å². The fourth-order valence-electron chi connectivity index (χ4n) is 1.84. The van der Waals surface area contributed by atoms with Crippen molar-refractivity contribution in [3.63, 3.8) is 0 Å². The molecule has 2 N–H and O–H groups in total. The molecular formula is C15H17ClN2O3. The number of amides is 1. The summed E-state index contributed by atoms with van der Waals surface area (Å²) in [5.41, 5.74) is 1.47. The number of nitrogens with one attached hydrogen (secondary N) is 2. The number of hydrogen-bond donors (Lipinski definition) is 2. The van der Waals surface area contributed by atoms with Crippen LogP contribution in [0.4, 0.5) is 5.69 Å². The van der Waals surface area contributed by atoms with Crippen molar-refractivity contribution in [1.82, 2.24) is 5.32 Å². The first-order valence-corrected chi connectivity index (χ1v) is 6.85. The zero-order valence-electron chi connectivity index (χ0n) is 11.9. The number of carbonyl (C=O) groups excluding carboxylic acids is 1. The first-order valence-electron chi connectivity index (χ1n) is 6.47. The lowest BCUT2D eigenvalue weighted by molar-refractivity contribution is -0.115. The summed E-state index contributed by atoms with van der Waals surface area (Å²) in [6.07, 6.45) is 1.60. The summed E-state index contributed by atoms with van der Waals surface area (Å²) in [7, 11) is 1.53. The summed E-state index contributed by atoms with van der Waals surface area (Å²) >= 11 is 6.03. The van der Waals surface area contributed by atoms with Gasteiger partial charge in [-0.3, -0.25) is 4.79 Å². The third-order valence-corrected chi connectivity index (χ3v) is 3.33. The number of halogens is 1. The van der Waals surface area contributed by atoms with Crippen LogP contribution in [-0.2, 0) is 11.3 Å². The highest BCUT2D eigenvalue weighted by Gasteiger charge is 2.10. The minimum absolute atomic E-state index is 0.165. The van der Waals surface area contributed by atoms with Gasteiger partial charge in [0.1, 0.15) is 11.5 Å². The monoisotopic (exact) mass is 308 g/mol. The second-order valence-electron chi connectivity index (χ2n) is 4.53. The van der Waals surface area contributed by atoms with E-state index in [0.29, 0.717) is 23.0 Å². The molecular weight excluding hydrogens is 292 g/mol. The van der Waals surface area contributed by atoms with Gasteiger partial charge < -0.3 is 19.8 Å². The largest absolute Gasteiger partial charge is 0.495 e. The highest BCUT2D eigenvalue weighted by molar-refractivity contribution is 6.31. The van der Waals surface area contributed by atoms with E-state index in [4.69, 9.17) is 20.8 Å². The lowest BCUT2D eigenvalue weighted by Gasteiger charge is -2.12. The summed E-state index contributed by atoms with van der Waals surface area (Å²) in [5, 5.41) is 6.39. The molecule has 0 atom stereocenters. The zero-order chi connectivity index (χ0) is 15.2. The van der Waals surface area contributed by atoms with Gasteiger partial charge in [-0.2, -0.15) is 0 Å². The Morgan fingerprint density at radius 3 is 2.90 bits per heavy atom. The molecule has 1 heterocycles. The fourth-order valence-corrected chi connectivity index (χ4v) is 1.99. The van der Waals surface area contributed by atoms with Crippen molar-refractivity contribution in [2.45, 2.75) is 13.5 Å². The first-order chi connectivity index (χ1) is 10.1. The van der Waals surface area contributed by atoms with Crippen LogP contribution in [0.2, 0.25) is 5.02 Å². The van der Waals surface area contributed by atoms with E-state index in [1.807, 2.05) is 13.0 Å². The Morgan fingerprint density at radius 1 is 1.43 bits per heavy atom. The van der Waals surface area contributed by atoms with Gasteiger partial charge in [0.2, 0.25) is 5.91 Å². The van der Waals surface area contributed by atoms with Crippen molar-refractivity contribution in [3.05, 3.63) is 46.9 Å². The number of aryl methyl sites for hydroxylation is 1. The van der Waals surface area contributed by atoms with Gasteiger partial charge >= 0.3 is 0 Å². The van der Waals surface area contributed by atoms with E-state index >= 15 is 0 Å². The number of benzene rings is 1. The summed E-state index contributed by atoms with van der Waals surface area (Å²) in [5.74, 6) is 1.15. The average Bonchev–Trinajstić information content (AvgIpc) is 2.96. The highest BCUT2D eigenvalue weighted by atomic mass is 35.5. The van der Waals surface area contributed by atoms with Crippen molar-refractivity contribution in [2.75, 3.05) is 19.0 Å². The van der Waals surface area contributed by atoms with Gasteiger partial charge in [0.05, 0.1) is 32.1 Å². The lowest BCUT2D eigenvalue weighted by Crippen LogP contribution is -2.27. The molecule has 0 bridgehead atoms. The molecule has 1 amide bonds. The number of carbonyl (C=O) groups is 1. The highest BCUT2D eigenvalue weighted by Crippen LogP contribution is 2.30. The van der Waals surface area contributed by atoms with Crippen LogP contribution in [-0.4, -0.2) is 19.6 Å². The van der Waals surface area contributed by atoms with Crippen molar-refractivity contribution in [2.24, 2.45) is 0 Å². The van der Waals surface area contributed by atoms with Crippen LogP contribution in [0.15, 0.2) is 34.9 Å². The number of furan rings is 1. The van der Waals surface area contributed by atoms with Crippen LogP contribution in [0.3, 0.4) is 0 Å². The SMILES string of the molecule is COc1cc(Cl)c(C)cc1NC(=O)CNCc1ccco1. The molecule has 0 aliphatic carbocycles. The molecule has 0 spiro atoms. The minimum atomic E-state index is -0.165. The van der Waals surface area contributed by atoms with E-state index in [1.165, 1.54) is 7.11 Å². The first kappa shape index (κ1) is 15.4. The Balaban J connectivity index is 1.91. The summed E-state index contributed by atoms with van der Waals surface area (Å²) in [4.78, 5) is 11.9. The molecule has 2 aromatic rings. The van der Waals surface area contributed by atoms with Crippen LogP contribution < -0.4 is 15.4 Å². The average molecular weight is 309 g/mol. The normalized spacial score (nSPS) is 10.4. The topological polar surface area (TPSA) is 63.5 Å². The maximum absolute atomic E-state index is 11.9. The summed E-state index contributed by atoms with van der Waals surface area (Å²) in [6.45, 7) is 2.54. The van der Waals surface area contributed by atoms with E-state index in [1.54, 1.807) is 24.5 Å². The molecule has 0 saturated carbocycles. The molecule has 1 aromatic heterocycles. The standard InChI is InChI=1S/C15H17ClN2O3/c1-10-6-13(14(20-2)7-12(10)16)18-15(19)9-17-8-11-4-3-5-21-11/h3-7,17H,8-9H2,1-2H3,(H,18,19). The Hall–Kier alpha value is -1.98. The molecule has 0 fully saturated rings. The van der Waals surface area contributed by atoms with Crippen LogP contribution in [0.5, 0.6) is 5.75 Å². The second kappa shape index (κ2) is 7.15. The maximum Gasteiger partial charge on any atom is 0.238 e. The van der Waals surface area contributed by atoms with Crippen LogP contribution in [0.1, 0.15) is 11.3 Å². The number of methoxy groups -OCH3 is 1. The second-order valence-corrected chi connectivity index (χ2v) is 4.94. The van der Waals surface area contributed by atoms with Crippen molar-refractivity contribution < 1.29 is 13.9 Å². The molecule has 0 radical (unpaired) electrons. The molecule has 1 aromatic carbocycles. The van der Waals surface area contributed by atoms with Crippen molar-refractivity contribution in [1.29, 1.82) is 0 Å². The molecule has 5 nitrogen and oxygen atoms in total. The predicted molar refractivity (Wildman–Crippen MR) is 81.8 cm³/mol. The van der Waals surface area contributed by atoms with Crippen molar-refractivity contribution >= 4 is 23.2 Å². The Kier molecular flexibility index (Phi) is 5.25. The molecule has 0 unspecified atom stereocenters.